The number of carbonyl (C=O) groups excluding carboxylic acids is 4. The molecule has 3 N–H and O–H groups in total. The molecule has 5 atom stereocenters. The Kier molecular flexibility index (Phi) is 74.4. The fraction of sp³-hybridized carbons (Fsp3) is 0.952. The summed E-state index contributed by atoms with van der Waals surface area (Å²) in [6.07, 6.45) is 68.1. The minimum Gasteiger partial charge on any atom is -0.462 e. The molecule has 0 aromatic heterocycles. The Bertz CT molecular complexity index is 1940. The first-order valence-corrected chi connectivity index (χ1v) is 46.1. The predicted octanol–water partition coefficient (Wildman–Crippen LogP) is 25.2. The van der Waals surface area contributed by atoms with Gasteiger partial charge >= 0.3 is 39.5 Å². The van der Waals surface area contributed by atoms with Gasteiger partial charge in [0.15, 0.2) is 12.2 Å². The van der Waals surface area contributed by atoms with Gasteiger partial charge in [-0.1, -0.05) is 394 Å². The minimum atomic E-state index is -4.96. The highest BCUT2D eigenvalue weighted by Crippen LogP contribution is 2.45. The van der Waals surface area contributed by atoms with Crippen molar-refractivity contribution in [2.45, 2.75) is 464 Å². The van der Waals surface area contributed by atoms with Gasteiger partial charge in [0, 0.05) is 25.7 Å². The average Bonchev–Trinajstić information content (AvgIpc) is 0.911. The molecule has 19 heteroatoms. The van der Waals surface area contributed by atoms with Gasteiger partial charge in [0.05, 0.1) is 26.4 Å². The maximum absolute atomic E-state index is 13.1. The van der Waals surface area contributed by atoms with Gasteiger partial charge in [-0.25, -0.2) is 9.13 Å². The standard InChI is InChI=1S/C83H162O17P2/c1-6-9-12-15-18-21-23-25-27-29-31-33-35-39-43-47-52-57-62-67-81(86)94-73-79(100-83(88)68-63-58-53-48-44-40-36-34-32-30-28-26-24-22-19-16-13-10-7-2)75-98-102(91,92)96-71-77(84)70-95-101(89,90)97-74-78(72-93-80(85)66-61-56-51-20-17-14-11-8-3)99-82(87)69-64-59-54-49-45-41-37-38-42-46-50-55-60-65-76(4)5/h76-79,84H,6-75H2,1-5H3,(H,89,90)(H,91,92)/t77-,78+,79+/m0/s1. The molecule has 0 spiro atoms. The molecule has 0 saturated carbocycles. The molecule has 0 fully saturated rings. The molecule has 0 aliphatic heterocycles. The lowest BCUT2D eigenvalue weighted by molar-refractivity contribution is -0.161. The summed E-state index contributed by atoms with van der Waals surface area (Å²) in [5.74, 6) is -1.32. The summed E-state index contributed by atoms with van der Waals surface area (Å²) < 4.78 is 68.7. The van der Waals surface area contributed by atoms with Gasteiger partial charge in [0.1, 0.15) is 19.3 Å². The van der Waals surface area contributed by atoms with E-state index in [1.165, 1.54) is 263 Å². The third-order valence-electron chi connectivity index (χ3n) is 19.5. The van der Waals surface area contributed by atoms with Crippen LogP contribution in [0.5, 0.6) is 0 Å². The van der Waals surface area contributed by atoms with Gasteiger partial charge in [-0.05, 0) is 31.6 Å². The first-order chi connectivity index (χ1) is 49.5. The largest absolute Gasteiger partial charge is 0.472 e. The summed E-state index contributed by atoms with van der Waals surface area (Å²) in [7, 11) is -9.92. The zero-order chi connectivity index (χ0) is 74.8. The van der Waals surface area contributed by atoms with Crippen LogP contribution in [0.25, 0.3) is 0 Å². The van der Waals surface area contributed by atoms with E-state index in [1.807, 2.05) is 0 Å². The van der Waals surface area contributed by atoms with E-state index in [0.717, 1.165) is 102 Å². The molecule has 0 aliphatic rings. The van der Waals surface area contributed by atoms with Crippen LogP contribution < -0.4 is 0 Å². The van der Waals surface area contributed by atoms with E-state index in [9.17, 15) is 43.2 Å². The normalized spacial score (nSPS) is 13.8. The number of aliphatic hydroxyl groups excluding tert-OH is 1. The third-order valence-corrected chi connectivity index (χ3v) is 21.4. The van der Waals surface area contributed by atoms with Crippen LogP contribution in [0.3, 0.4) is 0 Å². The van der Waals surface area contributed by atoms with Gasteiger partial charge in [0.2, 0.25) is 0 Å². The summed E-state index contributed by atoms with van der Waals surface area (Å²) in [5, 5.41) is 10.6. The van der Waals surface area contributed by atoms with E-state index in [2.05, 4.69) is 34.6 Å². The Morgan fingerprint density at radius 2 is 0.451 bits per heavy atom. The van der Waals surface area contributed by atoms with Crippen LogP contribution in [-0.4, -0.2) is 96.7 Å². The Labute approximate surface area is 626 Å². The number of phosphoric acid groups is 2. The second kappa shape index (κ2) is 75.9. The molecular weight excluding hydrogens is 1330 g/mol. The Balaban J connectivity index is 5.19. The smallest absolute Gasteiger partial charge is 0.462 e. The molecule has 0 radical (unpaired) electrons. The van der Waals surface area contributed by atoms with Crippen molar-refractivity contribution in [3.05, 3.63) is 0 Å². The van der Waals surface area contributed by atoms with Gasteiger partial charge in [-0.15, -0.1) is 0 Å². The molecule has 0 bridgehead atoms. The molecule has 17 nitrogen and oxygen atoms in total. The van der Waals surface area contributed by atoms with Crippen molar-refractivity contribution < 1.29 is 80.2 Å². The molecule has 0 rings (SSSR count). The molecule has 606 valence electrons. The van der Waals surface area contributed by atoms with Crippen molar-refractivity contribution in [2.75, 3.05) is 39.6 Å². The highest BCUT2D eigenvalue weighted by molar-refractivity contribution is 7.47. The molecule has 0 aromatic rings. The summed E-state index contributed by atoms with van der Waals surface area (Å²) in [5.41, 5.74) is 0. The van der Waals surface area contributed by atoms with E-state index < -0.39 is 97.5 Å². The molecular formula is C83H162O17P2. The Morgan fingerprint density at radius 1 is 0.265 bits per heavy atom. The number of rotatable bonds is 83. The van der Waals surface area contributed by atoms with Crippen LogP contribution in [-0.2, 0) is 65.4 Å². The molecule has 0 heterocycles. The topological polar surface area (TPSA) is 237 Å². The summed E-state index contributed by atoms with van der Waals surface area (Å²) in [4.78, 5) is 73.0. The lowest BCUT2D eigenvalue weighted by Gasteiger charge is -2.21. The van der Waals surface area contributed by atoms with Gasteiger partial charge in [-0.3, -0.25) is 37.3 Å². The van der Waals surface area contributed by atoms with Crippen LogP contribution in [0.1, 0.15) is 446 Å². The number of carbonyl (C=O) groups is 4. The van der Waals surface area contributed by atoms with Gasteiger partial charge < -0.3 is 33.8 Å². The number of ether oxygens (including phenoxy) is 4. The first-order valence-electron chi connectivity index (χ1n) is 43.1. The van der Waals surface area contributed by atoms with E-state index in [4.69, 9.17) is 37.0 Å². The maximum Gasteiger partial charge on any atom is 0.472 e. The van der Waals surface area contributed by atoms with Gasteiger partial charge in [0.25, 0.3) is 0 Å². The zero-order valence-corrected chi connectivity index (χ0v) is 68.5. The van der Waals surface area contributed by atoms with Crippen LogP contribution in [0, 0.1) is 5.92 Å². The fourth-order valence-corrected chi connectivity index (χ4v) is 14.5. The molecule has 0 aliphatic carbocycles. The Morgan fingerprint density at radius 3 is 0.667 bits per heavy atom. The highest BCUT2D eigenvalue weighted by Gasteiger charge is 2.30. The quantitative estimate of drug-likeness (QED) is 0.0222. The Hall–Kier alpha value is -1.94. The summed E-state index contributed by atoms with van der Waals surface area (Å²) in [6.45, 7) is 7.33. The molecule has 102 heavy (non-hydrogen) atoms. The van der Waals surface area contributed by atoms with Crippen molar-refractivity contribution in [1.82, 2.24) is 0 Å². The van der Waals surface area contributed by atoms with Crippen LogP contribution in [0.15, 0.2) is 0 Å². The third kappa shape index (κ3) is 76.3. The first kappa shape index (κ1) is 100. The van der Waals surface area contributed by atoms with Crippen molar-refractivity contribution in [2.24, 2.45) is 5.92 Å². The zero-order valence-electron chi connectivity index (χ0n) is 66.8. The number of esters is 4. The van der Waals surface area contributed by atoms with Crippen LogP contribution in [0.2, 0.25) is 0 Å². The van der Waals surface area contributed by atoms with E-state index in [1.54, 1.807) is 0 Å². The fourth-order valence-electron chi connectivity index (χ4n) is 12.9. The summed E-state index contributed by atoms with van der Waals surface area (Å²) in [6, 6.07) is 0. The number of hydrogen-bond acceptors (Lipinski definition) is 15. The lowest BCUT2D eigenvalue weighted by Crippen LogP contribution is -2.30. The molecule has 0 aromatic carbocycles. The highest BCUT2D eigenvalue weighted by atomic mass is 31.2. The second-order valence-electron chi connectivity index (χ2n) is 30.3. The maximum atomic E-state index is 13.1. The van der Waals surface area contributed by atoms with E-state index >= 15 is 0 Å². The molecule has 2 unspecified atom stereocenters. The number of unbranched alkanes of at least 4 members (excludes halogenated alkanes) is 55. The minimum absolute atomic E-state index is 0.108. The summed E-state index contributed by atoms with van der Waals surface area (Å²) >= 11 is 0. The van der Waals surface area contributed by atoms with Crippen LogP contribution in [0.4, 0.5) is 0 Å². The van der Waals surface area contributed by atoms with Crippen molar-refractivity contribution in [1.29, 1.82) is 0 Å². The number of hydrogen-bond donors (Lipinski definition) is 3. The molecule has 0 saturated heterocycles. The SMILES string of the molecule is CCCCCCCCCCCCCCCCCCCCCC(=O)OC[C@H](COP(=O)(O)OC[C@@H](O)COP(=O)(O)OC[C@@H](COC(=O)CCCCCCCCCC)OC(=O)CCCCCCCCCCCCCCCC(C)C)OC(=O)CCCCCCCCCCCCCCCCCCCCC. The van der Waals surface area contributed by atoms with Gasteiger partial charge in [-0.2, -0.15) is 0 Å². The van der Waals surface area contributed by atoms with Crippen molar-refractivity contribution in [3.63, 3.8) is 0 Å². The average molecular weight is 1490 g/mol. The second-order valence-corrected chi connectivity index (χ2v) is 33.3. The number of phosphoric ester groups is 2. The monoisotopic (exact) mass is 1490 g/mol. The number of aliphatic hydroxyl groups is 1. The lowest BCUT2D eigenvalue weighted by atomic mass is 10.0. The van der Waals surface area contributed by atoms with E-state index in [-0.39, 0.29) is 25.7 Å². The van der Waals surface area contributed by atoms with Crippen LogP contribution >= 0.6 is 15.6 Å². The van der Waals surface area contributed by atoms with Crippen molar-refractivity contribution >= 4 is 39.5 Å². The predicted molar refractivity (Wildman–Crippen MR) is 418 cm³/mol. The van der Waals surface area contributed by atoms with E-state index in [0.29, 0.717) is 25.7 Å². The molecule has 0 amide bonds. The van der Waals surface area contributed by atoms with Crippen molar-refractivity contribution in [3.8, 4) is 0 Å².